The Morgan fingerprint density at radius 2 is 1.80 bits per heavy atom. The highest BCUT2D eigenvalue weighted by molar-refractivity contribution is 5.25. The van der Waals surface area contributed by atoms with Crippen LogP contribution in [-0.4, -0.2) is 11.5 Å². The molecule has 106 valence electrons. The van der Waals surface area contributed by atoms with Crippen LogP contribution >= 0.6 is 0 Å². The number of aromatic nitrogens is 1. The average Bonchev–Trinajstić information content (AvgIpc) is 2.37. The summed E-state index contributed by atoms with van der Waals surface area (Å²) in [4.78, 5) is 4.18. The maximum atomic E-state index is 13.3. The van der Waals surface area contributed by atoms with Gasteiger partial charge >= 0.3 is 0 Å². The van der Waals surface area contributed by atoms with Crippen molar-refractivity contribution in [1.82, 2.24) is 10.3 Å². The van der Waals surface area contributed by atoms with Crippen LogP contribution in [-0.2, 0) is 6.42 Å². The van der Waals surface area contributed by atoms with Crippen LogP contribution in [0.1, 0.15) is 29.7 Å². The first kappa shape index (κ1) is 14.6. The predicted octanol–water partition coefficient (Wildman–Crippen LogP) is 3.56. The highest BCUT2D eigenvalue weighted by atomic mass is 19.1. The van der Waals surface area contributed by atoms with Crippen LogP contribution in [0.2, 0.25) is 0 Å². The van der Waals surface area contributed by atoms with E-state index in [1.165, 1.54) is 12.1 Å². The van der Waals surface area contributed by atoms with Gasteiger partial charge in [-0.25, -0.2) is 8.78 Å². The molecule has 1 atom stereocenters. The fourth-order valence-corrected chi connectivity index (χ4v) is 2.29. The van der Waals surface area contributed by atoms with E-state index < -0.39 is 11.6 Å². The van der Waals surface area contributed by atoms with Gasteiger partial charge in [0.05, 0.1) is 0 Å². The van der Waals surface area contributed by atoms with Crippen LogP contribution < -0.4 is 5.32 Å². The van der Waals surface area contributed by atoms with Crippen molar-refractivity contribution in [2.45, 2.75) is 26.3 Å². The number of nitrogens with one attached hydrogen (secondary N) is 1. The minimum Gasteiger partial charge on any atom is -0.310 e. The molecule has 0 fully saturated rings. The number of hydrogen-bond donors (Lipinski definition) is 1. The Balaban J connectivity index is 2.25. The second kappa shape index (κ2) is 6.57. The highest BCUT2D eigenvalue weighted by Gasteiger charge is 2.13. The lowest BCUT2D eigenvalue weighted by atomic mass is 9.99. The topological polar surface area (TPSA) is 24.9 Å². The second-order valence-corrected chi connectivity index (χ2v) is 4.89. The smallest absolute Gasteiger partial charge is 0.126 e. The molecule has 0 aliphatic carbocycles. The summed E-state index contributed by atoms with van der Waals surface area (Å²) in [6, 6.07) is 5.66. The van der Waals surface area contributed by atoms with Crippen molar-refractivity contribution in [1.29, 1.82) is 0 Å². The third kappa shape index (κ3) is 3.84. The number of benzene rings is 1. The van der Waals surface area contributed by atoms with Crippen molar-refractivity contribution in [3.63, 3.8) is 0 Å². The van der Waals surface area contributed by atoms with E-state index in [0.29, 0.717) is 12.0 Å². The Labute approximate surface area is 117 Å². The molecule has 1 aromatic carbocycles. The molecule has 2 aromatic rings. The van der Waals surface area contributed by atoms with Gasteiger partial charge in [0, 0.05) is 24.5 Å². The summed E-state index contributed by atoms with van der Waals surface area (Å²) in [7, 11) is 0. The van der Waals surface area contributed by atoms with E-state index in [1.807, 2.05) is 19.9 Å². The van der Waals surface area contributed by atoms with Crippen molar-refractivity contribution >= 4 is 0 Å². The van der Waals surface area contributed by atoms with Gasteiger partial charge in [-0.1, -0.05) is 13.0 Å². The second-order valence-electron chi connectivity index (χ2n) is 4.89. The van der Waals surface area contributed by atoms with Crippen molar-refractivity contribution in [2.75, 3.05) is 6.54 Å². The van der Waals surface area contributed by atoms with Gasteiger partial charge in [-0.15, -0.1) is 0 Å². The average molecular weight is 276 g/mol. The van der Waals surface area contributed by atoms with Gasteiger partial charge in [0.15, 0.2) is 0 Å². The van der Waals surface area contributed by atoms with Crippen LogP contribution in [0, 0.1) is 18.6 Å². The summed E-state index contributed by atoms with van der Waals surface area (Å²) in [5.41, 5.74) is 2.72. The lowest BCUT2D eigenvalue weighted by molar-refractivity contribution is 0.537. The van der Waals surface area contributed by atoms with E-state index in [9.17, 15) is 8.78 Å². The predicted molar refractivity (Wildman–Crippen MR) is 75.5 cm³/mol. The molecule has 0 aliphatic heterocycles. The summed E-state index contributed by atoms with van der Waals surface area (Å²) in [5, 5.41) is 3.33. The molecule has 0 radical (unpaired) electrons. The summed E-state index contributed by atoms with van der Waals surface area (Å²) in [5.74, 6) is -1.09. The number of halogens is 2. The van der Waals surface area contributed by atoms with Gasteiger partial charge < -0.3 is 5.32 Å². The van der Waals surface area contributed by atoms with Crippen molar-refractivity contribution in [3.05, 3.63) is 65.0 Å². The number of likely N-dealkylation sites (N-methyl/N-ethyl adjacent to an activating group) is 1. The largest absolute Gasteiger partial charge is 0.310 e. The lowest BCUT2D eigenvalue weighted by Gasteiger charge is -2.18. The van der Waals surface area contributed by atoms with E-state index in [2.05, 4.69) is 10.3 Å². The zero-order valence-corrected chi connectivity index (χ0v) is 11.7. The summed E-state index contributed by atoms with van der Waals surface area (Å²) in [6.45, 7) is 4.75. The Morgan fingerprint density at radius 1 is 1.10 bits per heavy atom. The van der Waals surface area contributed by atoms with Crippen molar-refractivity contribution in [3.8, 4) is 0 Å². The molecule has 0 bridgehead atoms. The van der Waals surface area contributed by atoms with E-state index in [-0.39, 0.29) is 6.04 Å². The molecule has 1 heterocycles. The third-order valence-electron chi connectivity index (χ3n) is 3.11. The summed E-state index contributed by atoms with van der Waals surface area (Å²) >= 11 is 0. The lowest BCUT2D eigenvalue weighted by Crippen LogP contribution is -2.23. The van der Waals surface area contributed by atoms with E-state index in [0.717, 1.165) is 23.7 Å². The number of hydrogen-bond acceptors (Lipinski definition) is 2. The monoisotopic (exact) mass is 276 g/mol. The van der Waals surface area contributed by atoms with Crippen LogP contribution in [0.4, 0.5) is 8.78 Å². The van der Waals surface area contributed by atoms with Gasteiger partial charge in [0.1, 0.15) is 11.6 Å². The Hall–Kier alpha value is -1.81. The molecule has 0 spiro atoms. The van der Waals surface area contributed by atoms with E-state index in [4.69, 9.17) is 0 Å². The molecule has 0 aliphatic rings. The molecule has 20 heavy (non-hydrogen) atoms. The first-order chi connectivity index (χ1) is 9.58. The maximum absolute atomic E-state index is 13.3. The number of nitrogens with zero attached hydrogens (tertiary/aromatic N) is 1. The van der Waals surface area contributed by atoms with Gasteiger partial charge in [-0.2, -0.15) is 0 Å². The van der Waals surface area contributed by atoms with Gasteiger partial charge in [0.25, 0.3) is 0 Å². The van der Waals surface area contributed by atoms with Crippen molar-refractivity contribution in [2.24, 2.45) is 0 Å². The fraction of sp³-hybridized carbons (Fsp3) is 0.312. The van der Waals surface area contributed by atoms with Crippen LogP contribution in [0.5, 0.6) is 0 Å². The maximum Gasteiger partial charge on any atom is 0.126 e. The molecular weight excluding hydrogens is 258 g/mol. The zero-order chi connectivity index (χ0) is 14.5. The zero-order valence-electron chi connectivity index (χ0n) is 11.7. The Morgan fingerprint density at radius 3 is 2.40 bits per heavy atom. The normalized spacial score (nSPS) is 12.4. The SMILES string of the molecule is CCNC(Cc1cc(F)cc(F)c1)c1cncc(C)c1. The van der Waals surface area contributed by atoms with E-state index in [1.54, 1.807) is 12.4 Å². The molecule has 0 saturated carbocycles. The molecule has 0 amide bonds. The first-order valence-electron chi connectivity index (χ1n) is 6.68. The third-order valence-corrected chi connectivity index (χ3v) is 3.11. The van der Waals surface area contributed by atoms with Crippen LogP contribution in [0.15, 0.2) is 36.7 Å². The molecule has 2 nitrogen and oxygen atoms in total. The van der Waals surface area contributed by atoms with Gasteiger partial charge in [0.2, 0.25) is 0 Å². The molecule has 1 aromatic heterocycles. The van der Waals surface area contributed by atoms with Crippen LogP contribution in [0.3, 0.4) is 0 Å². The fourth-order valence-electron chi connectivity index (χ4n) is 2.29. The molecule has 4 heteroatoms. The minimum absolute atomic E-state index is 0.00593. The molecular formula is C16H18F2N2. The minimum atomic E-state index is -0.544. The molecule has 1 unspecified atom stereocenters. The van der Waals surface area contributed by atoms with E-state index >= 15 is 0 Å². The molecule has 2 rings (SSSR count). The summed E-state index contributed by atoms with van der Waals surface area (Å²) < 4.78 is 26.5. The standard InChI is InChI=1S/C16H18F2N2/c1-3-20-16(13-4-11(2)9-19-10-13)7-12-5-14(17)8-15(18)6-12/h4-6,8-10,16,20H,3,7H2,1-2H3. The highest BCUT2D eigenvalue weighted by Crippen LogP contribution is 2.20. The number of pyridine rings is 1. The van der Waals surface area contributed by atoms with Gasteiger partial charge in [-0.3, -0.25) is 4.98 Å². The number of aryl methyl sites for hydroxylation is 1. The van der Waals surface area contributed by atoms with Gasteiger partial charge in [-0.05, 0) is 48.7 Å². The Bertz CT molecular complexity index is 564. The first-order valence-corrected chi connectivity index (χ1v) is 6.68. The van der Waals surface area contributed by atoms with Crippen LogP contribution in [0.25, 0.3) is 0 Å². The quantitative estimate of drug-likeness (QED) is 0.903. The summed E-state index contributed by atoms with van der Waals surface area (Å²) in [6.07, 6.45) is 4.10. The molecule has 1 N–H and O–H groups in total. The molecule has 0 saturated heterocycles. The number of rotatable bonds is 5. The Kier molecular flexibility index (Phi) is 4.79. The van der Waals surface area contributed by atoms with Crippen molar-refractivity contribution < 1.29 is 8.78 Å².